The minimum Gasteiger partial charge on any atom is -0.454 e. The molecule has 9 aromatic carbocycles. The van der Waals surface area contributed by atoms with Gasteiger partial charge in [-0.25, -0.2) is 4.98 Å². The second-order valence-corrected chi connectivity index (χ2v) is 16.3. The van der Waals surface area contributed by atoms with Gasteiger partial charge >= 0.3 is 0 Å². The summed E-state index contributed by atoms with van der Waals surface area (Å²) in [6.45, 7) is 0. The summed E-state index contributed by atoms with van der Waals surface area (Å²) in [6.07, 6.45) is 0. The molecule has 2 aliphatic rings. The summed E-state index contributed by atoms with van der Waals surface area (Å²) in [4.78, 5) is 5.18. The molecule has 1 unspecified atom stereocenters. The van der Waals surface area contributed by atoms with E-state index in [-0.39, 0.29) is 0 Å². The predicted octanol–water partition coefficient (Wildman–Crippen LogP) is 13.7. The van der Waals surface area contributed by atoms with E-state index in [2.05, 4.69) is 220 Å². The Labute approximate surface area is 350 Å². The zero-order valence-corrected chi connectivity index (χ0v) is 32.8. The van der Waals surface area contributed by atoms with E-state index in [9.17, 15) is 0 Å². The third kappa shape index (κ3) is 4.17. The zero-order valence-electron chi connectivity index (χ0n) is 32.8. The molecule has 61 heavy (non-hydrogen) atoms. The monoisotopic (exact) mass is 778 g/mol. The van der Waals surface area contributed by atoms with Gasteiger partial charge in [0.05, 0.1) is 44.2 Å². The van der Waals surface area contributed by atoms with E-state index >= 15 is 0 Å². The van der Waals surface area contributed by atoms with Crippen LogP contribution in [0.3, 0.4) is 0 Å². The lowest BCUT2D eigenvalue weighted by atomic mass is 9.61. The highest BCUT2D eigenvalue weighted by Crippen LogP contribution is 2.61. The molecule has 1 spiro atoms. The highest BCUT2D eigenvalue weighted by molar-refractivity contribution is 6.14. The third-order valence-electron chi connectivity index (χ3n) is 13.3. The largest absolute Gasteiger partial charge is 0.454 e. The fourth-order valence-corrected chi connectivity index (χ4v) is 10.9. The van der Waals surface area contributed by atoms with Crippen LogP contribution in [0.15, 0.2) is 206 Å². The summed E-state index contributed by atoms with van der Waals surface area (Å²) in [6, 6.07) is 74.5. The van der Waals surface area contributed by atoms with E-state index in [1.165, 1.54) is 44.0 Å². The van der Waals surface area contributed by atoms with Gasteiger partial charge in [-0.15, -0.1) is 0 Å². The summed E-state index contributed by atoms with van der Waals surface area (Å²) in [5.74, 6) is 2.65. The molecule has 0 fully saturated rings. The van der Waals surface area contributed by atoms with E-state index in [4.69, 9.17) is 9.72 Å². The summed E-state index contributed by atoms with van der Waals surface area (Å²) < 4.78 is 14.5. The maximum absolute atomic E-state index is 7.32. The van der Waals surface area contributed by atoms with Gasteiger partial charge in [0.2, 0.25) is 0 Å². The van der Waals surface area contributed by atoms with E-state index in [0.29, 0.717) is 0 Å². The number of rotatable bonds is 3. The van der Waals surface area contributed by atoms with Crippen LogP contribution in [0, 0.1) is 0 Å². The van der Waals surface area contributed by atoms with E-state index in [1.54, 1.807) is 0 Å². The molecule has 14 rings (SSSR count). The SMILES string of the molecule is c1ccc(-n2c(-c3ccc(-n4c5ccccc5c5ccc6c(c54)Oc4ccccc4C64c5ccccc5-n5c6ccccc6c6cccc4c65)cc3)nc3ccccc32)cc1. The summed E-state index contributed by atoms with van der Waals surface area (Å²) in [5, 5.41) is 4.84. The summed E-state index contributed by atoms with van der Waals surface area (Å²) in [5.41, 5.74) is 15.1. The Hall–Kier alpha value is -8.15. The fourth-order valence-electron chi connectivity index (χ4n) is 10.9. The van der Waals surface area contributed by atoms with Crippen LogP contribution in [0.4, 0.5) is 0 Å². The number of fused-ring (bicyclic) bond motifs is 16. The van der Waals surface area contributed by atoms with Crippen LogP contribution >= 0.6 is 0 Å². The normalized spacial score (nSPS) is 15.1. The average molecular weight is 779 g/mol. The van der Waals surface area contributed by atoms with Crippen LogP contribution in [0.5, 0.6) is 11.5 Å². The van der Waals surface area contributed by atoms with Crippen molar-refractivity contribution >= 4 is 54.6 Å². The number of ether oxygens (including phenoxy) is 1. The van der Waals surface area contributed by atoms with Crippen molar-refractivity contribution in [2.45, 2.75) is 5.41 Å². The standard InChI is InChI=1S/C56H34N4O/c1-2-15-36(16-3-1)59-50-27-12-8-23-46(50)57-55(59)35-29-31-37(32-30-35)58-47-24-9-4-18-39(47)41-33-34-45-54(53(41)58)61-51-28-13-7-21-43(51)56(45)42-20-6-11-26-49(42)60-48-25-10-5-17-38(48)40-19-14-22-44(56)52(40)60/h1-34H. The highest BCUT2D eigenvalue weighted by Gasteiger charge is 2.51. The van der Waals surface area contributed by atoms with Crippen molar-refractivity contribution < 1.29 is 4.74 Å². The maximum atomic E-state index is 7.32. The number of hydrogen-bond donors (Lipinski definition) is 0. The van der Waals surface area contributed by atoms with E-state index < -0.39 is 5.41 Å². The molecular formula is C56H34N4O. The lowest BCUT2D eigenvalue weighted by Gasteiger charge is -2.45. The number of imidazole rings is 1. The van der Waals surface area contributed by atoms with Gasteiger partial charge in [0.25, 0.3) is 0 Å². The van der Waals surface area contributed by atoms with Gasteiger partial charge in [-0.05, 0) is 83.9 Å². The molecule has 3 aromatic heterocycles. The van der Waals surface area contributed by atoms with Crippen LogP contribution in [0.25, 0.3) is 83.1 Å². The van der Waals surface area contributed by atoms with Crippen molar-refractivity contribution in [2.24, 2.45) is 0 Å². The van der Waals surface area contributed by atoms with Gasteiger partial charge < -0.3 is 13.9 Å². The molecule has 1 atom stereocenters. The fraction of sp³-hybridized carbons (Fsp3) is 0.0179. The molecule has 0 radical (unpaired) electrons. The molecule has 5 heterocycles. The minimum atomic E-state index is -0.666. The van der Waals surface area contributed by atoms with Crippen LogP contribution in [0.2, 0.25) is 0 Å². The van der Waals surface area contributed by atoms with Crippen LogP contribution in [-0.2, 0) is 5.41 Å². The van der Waals surface area contributed by atoms with Crippen LogP contribution < -0.4 is 4.74 Å². The molecule has 0 saturated carbocycles. The zero-order chi connectivity index (χ0) is 39.8. The Kier molecular flexibility index (Phi) is 6.43. The van der Waals surface area contributed by atoms with Gasteiger partial charge in [-0.1, -0.05) is 133 Å². The van der Waals surface area contributed by atoms with E-state index in [0.717, 1.165) is 72.8 Å². The first-order valence-corrected chi connectivity index (χ1v) is 20.9. The lowest BCUT2D eigenvalue weighted by molar-refractivity contribution is 0.438. The first-order valence-electron chi connectivity index (χ1n) is 20.9. The third-order valence-corrected chi connectivity index (χ3v) is 13.3. The smallest absolute Gasteiger partial charge is 0.156 e. The molecule has 5 heteroatoms. The van der Waals surface area contributed by atoms with Gasteiger partial charge in [0.1, 0.15) is 11.6 Å². The first-order chi connectivity index (χ1) is 30.3. The first kappa shape index (κ1) is 32.8. The predicted molar refractivity (Wildman–Crippen MR) is 247 cm³/mol. The molecule has 0 N–H and O–H groups in total. The van der Waals surface area contributed by atoms with Crippen molar-refractivity contribution in [3.8, 4) is 39.9 Å². The Morgan fingerprint density at radius 3 is 1.80 bits per heavy atom. The van der Waals surface area contributed by atoms with Crippen molar-refractivity contribution in [3.05, 3.63) is 229 Å². The molecule has 0 amide bonds. The minimum absolute atomic E-state index is 0.666. The molecule has 5 nitrogen and oxygen atoms in total. The average Bonchev–Trinajstić information content (AvgIpc) is 4.00. The maximum Gasteiger partial charge on any atom is 0.156 e. The summed E-state index contributed by atoms with van der Waals surface area (Å²) >= 11 is 0. The highest BCUT2D eigenvalue weighted by atomic mass is 16.5. The van der Waals surface area contributed by atoms with Crippen LogP contribution in [-0.4, -0.2) is 18.7 Å². The van der Waals surface area contributed by atoms with Gasteiger partial charge in [-0.3, -0.25) is 4.57 Å². The number of para-hydroxylation sites is 8. The van der Waals surface area contributed by atoms with Gasteiger partial charge in [-0.2, -0.15) is 0 Å². The van der Waals surface area contributed by atoms with Gasteiger partial charge in [0.15, 0.2) is 5.75 Å². The molecule has 0 bridgehead atoms. The van der Waals surface area contributed by atoms with Gasteiger partial charge in [0, 0.05) is 49.6 Å². The Bertz CT molecular complexity index is 3800. The Balaban J connectivity index is 1.06. The molecule has 2 aliphatic heterocycles. The number of aromatic nitrogens is 4. The lowest BCUT2D eigenvalue weighted by Crippen LogP contribution is -2.37. The van der Waals surface area contributed by atoms with Crippen molar-refractivity contribution in [2.75, 3.05) is 0 Å². The topological polar surface area (TPSA) is 36.9 Å². The molecule has 0 aliphatic carbocycles. The van der Waals surface area contributed by atoms with Crippen LogP contribution in [0.1, 0.15) is 22.3 Å². The van der Waals surface area contributed by atoms with Crippen molar-refractivity contribution in [1.82, 2.24) is 18.7 Å². The molecule has 12 aromatic rings. The van der Waals surface area contributed by atoms with Crippen molar-refractivity contribution in [3.63, 3.8) is 0 Å². The Morgan fingerprint density at radius 1 is 0.377 bits per heavy atom. The quantitative estimate of drug-likeness (QED) is 0.179. The number of benzene rings is 9. The Morgan fingerprint density at radius 2 is 0.984 bits per heavy atom. The second-order valence-electron chi connectivity index (χ2n) is 16.3. The number of hydrogen-bond acceptors (Lipinski definition) is 2. The molecule has 0 saturated heterocycles. The van der Waals surface area contributed by atoms with E-state index in [1.807, 2.05) is 0 Å². The second kappa shape index (κ2) is 12.0. The number of nitrogens with zero attached hydrogens (tertiary/aromatic N) is 4. The molecule has 284 valence electrons. The van der Waals surface area contributed by atoms with Crippen molar-refractivity contribution in [1.29, 1.82) is 0 Å². The molecular weight excluding hydrogens is 745 g/mol. The summed E-state index contributed by atoms with van der Waals surface area (Å²) in [7, 11) is 0.